The molecule has 4 nitrogen and oxygen atoms in total. The van der Waals surface area contributed by atoms with Crippen LogP contribution in [-0.4, -0.2) is 22.1 Å². The average Bonchev–Trinajstić information content (AvgIpc) is 3.16. The van der Waals surface area contributed by atoms with Crippen LogP contribution < -0.4 is 5.32 Å². The summed E-state index contributed by atoms with van der Waals surface area (Å²) in [4.78, 5) is 21.3. The van der Waals surface area contributed by atoms with Crippen molar-refractivity contribution < 1.29 is 9.18 Å². The smallest absolute Gasteiger partial charge is 0.261 e. The van der Waals surface area contributed by atoms with Crippen molar-refractivity contribution in [3.05, 3.63) is 46.7 Å². The van der Waals surface area contributed by atoms with Crippen molar-refractivity contribution in [3.63, 3.8) is 0 Å². The van der Waals surface area contributed by atoms with E-state index < -0.39 is 11.7 Å². The van der Waals surface area contributed by atoms with Crippen LogP contribution in [0.1, 0.15) is 10.4 Å². The molecular weight excluding hydrogens is 401 g/mol. The van der Waals surface area contributed by atoms with Gasteiger partial charge in [0.2, 0.25) is 0 Å². The van der Waals surface area contributed by atoms with Crippen molar-refractivity contribution in [2.75, 3.05) is 11.6 Å². The van der Waals surface area contributed by atoms with E-state index in [9.17, 15) is 9.18 Å². The molecule has 0 aliphatic carbocycles. The van der Waals surface area contributed by atoms with Gasteiger partial charge in [-0.25, -0.2) is 14.4 Å². The first-order chi connectivity index (χ1) is 12.1. The largest absolute Gasteiger partial charge is 0.298 e. The summed E-state index contributed by atoms with van der Waals surface area (Å²) in [5.74, 6) is -1.28. The number of carbonyl (C=O) groups excluding carboxylic acids is 1. The number of hydrogen-bond donors (Lipinski definition) is 1. The molecule has 2 aromatic heterocycles. The molecule has 0 aliphatic rings. The molecule has 1 amide bonds. The number of hydrogen-bond acceptors (Lipinski definition) is 6. The van der Waals surface area contributed by atoms with Gasteiger partial charge in [0, 0.05) is 0 Å². The number of amides is 1. The van der Waals surface area contributed by atoms with Crippen LogP contribution >= 0.6 is 46.0 Å². The minimum Gasteiger partial charge on any atom is -0.298 e. The van der Waals surface area contributed by atoms with Crippen LogP contribution in [-0.2, 0) is 0 Å². The van der Waals surface area contributed by atoms with Crippen molar-refractivity contribution in [1.82, 2.24) is 9.97 Å². The summed E-state index contributed by atoms with van der Waals surface area (Å²) in [6, 6.07) is 7.90. The number of anilines is 1. The number of nitrogens with zero attached hydrogens (tertiary/aromatic N) is 2. The van der Waals surface area contributed by atoms with E-state index in [2.05, 4.69) is 15.3 Å². The third kappa shape index (κ3) is 2.99. The summed E-state index contributed by atoms with van der Waals surface area (Å²) in [6.45, 7) is 0. The standard InChI is InChI=1S/C16H9ClFN3OS3/c1-23-16-20-10-6-5-9-12(13(10)25-16)24-15(19-9)21-14(22)11-7(17)3-2-4-8(11)18/h2-6H,1H3,(H,19,21,22). The molecule has 0 radical (unpaired) electrons. The lowest BCUT2D eigenvalue weighted by molar-refractivity contribution is 0.102. The predicted molar refractivity (Wildman–Crippen MR) is 104 cm³/mol. The zero-order valence-electron chi connectivity index (χ0n) is 12.7. The maximum absolute atomic E-state index is 13.9. The van der Waals surface area contributed by atoms with Gasteiger partial charge in [-0.1, -0.05) is 40.8 Å². The predicted octanol–water partition coefficient (Wildman–Crippen LogP) is 5.67. The molecular formula is C16H9ClFN3OS3. The Labute approximate surface area is 159 Å². The van der Waals surface area contributed by atoms with Crippen LogP contribution in [0.15, 0.2) is 34.7 Å². The number of benzene rings is 2. The zero-order chi connectivity index (χ0) is 17.6. The third-order valence-electron chi connectivity index (χ3n) is 3.48. The van der Waals surface area contributed by atoms with Crippen molar-refractivity contribution >= 4 is 77.5 Å². The normalized spacial score (nSPS) is 11.3. The molecule has 4 aromatic rings. The van der Waals surface area contributed by atoms with Crippen molar-refractivity contribution in [2.45, 2.75) is 4.34 Å². The van der Waals surface area contributed by atoms with Gasteiger partial charge in [0.05, 0.1) is 31.0 Å². The highest BCUT2D eigenvalue weighted by molar-refractivity contribution is 8.00. The van der Waals surface area contributed by atoms with Crippen LogP contribution in [0.25, 0.3) is 20.4 Å². The Bertz CT molecular complexity index is 1100. The maximum Gasteiger partial charge on any atom is 0.261 e. The Morgan fingerprint density at radius 2 is 1.88 bits per heavy atom. The van der Waals surface area contributed by atoms with E-state index in [0.29, 0.717) is 5.13 Å². The Morgan fingerprint density at radius 3 is 2.60 bits per heavy atom. The van der Waals surface area contributed by atoms with Crippen LogP contribution in [0, 0.1) is 5.82 Å². The van der Waals surface area contributed by atoms with Gasteiger partial charge in [0.25, 0.3) is 5.91 Å². The summed E-state index contributed by atoms with van der Waals surface area (Å²) < 4.78 is 16.8. The van der Waals surface area contributed by atoms with Crippen molar-refractivity contribution in [2.24, 2.45) is 0 Å². The van der Waals surface area contributed by atoms with Crippen LogP contribution in [0.4, 0.5) is 9.52 Å². The first-order valence-corrected chi connectivity index (χ1v) is 10.3. The Kier molecular flexibility index (Phi) is 4.36. The number of halogens is 2. The highest BCUT2D eigenvalue weighted by Gasteiger charge is 2.18. The molecule has 0 saturated heterocycles. The van der Waals surface area contributed by atoms with Gasteiger partial charge in [-0.2, -0.15) is 0 Å². The lowest BCUT2D eigenvalue weighted by Crippen LogP contribution is -2.14. The molecule has 0 fully saturated rings. The van der Waals surface area contributed by atoms with E-state index in [-0.39, 0.29) is 10.6 Å². The lowest BCUT2D eigenvalue weighted by Gasteiger charge is -2.04. The minimum atomic E-state index is -0.666. The Morgan fingerprint density at radius 1 is 1.16 bits per heavy atom. The molecule has 0 atom stereocenters. The van der Waals surface area contributed by atoms with Crippen LogP contribution in [0.3, 0.4) is 0 Å². The summed E-state index contributed by atoms with van der Waals surface area (Å²) in [5.41, 5.74) is 1.49. The molecule has 2 aromatic carbocycles. The molecule has 2 heterocycles. The number of thioether (sulfide) groups is 1. The molecule has 0 spiro atoms. The number of rotatable bonds is 3. The summed E-state index contributed by atoms with van der Waals surface area (Å²) in [5, 5.41) is 3.10. The number of nitrogens with one attached hydrogen (secondary N) is 1. The van der Waals surface area contributed by atoms with Crippen LogP contribution in [0.2, 0.25) is 5.02 Å². The molecule has 0 aliphatic heterocycles. The van der Waals surface area contributed by atoms with Gasteiger partial charge in [0.15, 0.2) is 9.47 Å². The van der Waals surface area contributed by atoms with Crippen molar-refractivity contribution in [3.8, 4) is 0 Å². The second-order valence-corrected chi connectivity index (χ2v) is 8.47. The molecule has 1 N–H and O–H groups in total. The average molecular weight is 410 g/mol. The van der Waals surface area contributed by atoms with E-state index in [1.54, 1.807) is 23.1 Å². The van der Waals surface area contributed by atoms with Gasteiger partial charge in [-0.3, -0.25) is 10.1 Å². The summed E-state index contributed by atoms with van der Waals surface area (Å²) in [6.07, 6.45) is 1.98. The first kappa shape index (κ1) is 16.7. The van der Waals surface area contributed by atoms with Gasteiger partial charge >= 0.3 is 0 Å². The quantitative estimate of drug-likeness (QED) is 0.443. The van der Waals surface area contributed by atoms with Gasteiger partial charge in [-0.15, -0.1) is 11.3 Å². The number of carbonyl (C=O) groups is 1. The Balaban J connectivity index is 1.73. The van der Waals surface area contributed by atoms with Gasteiger partial charge in [-0.05, 0) is 30.5 Å². The molecule has 4 rings (SSSR count). The number of fused-ring (bicyclic) bond motifs is 3. The number of thiazole rings is 2. The maximum atomic E-state index is 13.9. The fraction of sp³-hybridized carbons (Fsp3) is 0.0625. The zero-order valence-corrected chi connectivity index (χ0v) is 15.9. The molecule has 0 unspecified atom stereocenters. The second-order valence-electron chi connectivity index (χ2n) is 5.02. The van der Waals surface area contributed by atoms with E-state index >= 15 is 0 Å². The van der Waals surface area contributed by atoms with E-state index in [4.69, 9.17) is 11.6 Å². The second kappa shape index (κ2) is 6.53. The van der Waals surface area contributed by atoms with Gasteiger partial charge in [0.1, 0.15) is 5.82 Å². The summed E-state index contributed by atoms with van der Waals surface area (Å²) in [7, 11) is 0. The van der Waals surface area contributed by atoms with Crippen LogP contribution in [0.5, 0.6) is 0 Å². The SMILES string of the molecule is CSc1nc2ccc3nc(NC(=O)c4c(F)cccc4Cl)sc3c2s1. The summed E-state index contributed by atoms with van der Waals surface area (Å²) >= 11 is 10.5. The third-order valence-corrected chi connectivity index (χ3v) is 7.00. The Hall–Kier alpha value is -1.74. The topological polar surface area (TPSA) is 54.9 Å². The molecule has 0 bridgehead atoms. The lowest BCUT2D eigenvalue weighted by atomic mass is 10.2. The van der Waals surface area contributed by atoms with E-state index in [1.807, 2.05) is 18.4 Å². The van der Waals surface area contributed by atoms with Crippen molar-refractivity contribution in [1.29, 1.82) is 0 Å². The fourth-order valence-electron chi connectivity index (χ4n) is 2.37. The molecule has 25 heavy (non-hydrogen) atoms. The van der Waals surface area contributed by atoms with E-state index in [0.717, 1.165) is 24.8 Å². The highest BCUT2D eigenvalue weighted by Crippen LogP contribution is 2.38. The molecule has 0 saturated carbocycles. The number of aromatic nitrogens is 2. The molecule has 9 heteroatoms. The van der Waals surface area contributed by atoms with Gasteiger partial charge < -0.3 is 0 Å². The fourth-order valence-corrected chi connectivity index (χ4v) is 5.27. The highest BCUT2D eigenvalue weighted by atomic mass is 35.5. The monoisotopic (exact) mass is 409 g/mol. The first-order valence-electron chi connectivity index (χ1n) is 7.06. The molecule has 126 valence electrons. The minimum absolute atomic E-state index is 0.0630. The van der Waals surface area contributed by atoms with E-state index in [1.165, 1.54) is 29.5 Å².